The summed E-state index contributed by atoms with van der Waals surface area (Å²) in [5, 5.41) is 17.8. The van der Waals surface area contributed by atoms with Gasteiger partial charge in [0.15, 0.2) is 0 Å². The summed E-state index contributed by atoms with van der Waals surface area (Å²) in [7, 11) is 0. The van der Waals surface area contributed by atoms with Crippen LogP contribution in [0, 0.1) is 0 Å². The van der Waals surface area contributed by atoms with Crippen LogP contribution in [0.3, 0.4) is 0 Å². The van der Waals surface area contributed by atoms with Gasteiger partial charge in [-0.3, -0.25) is 0 Å². The molecule has 0 aromatic rings. The quantitative estimate of drug-likeness (QED) is 0.232. The second kappa shape index (κ2) is 22.9. The number of unbranched alkanes of at least 4 members (excludes halogenated alkanes) is 14. The maximum atomic E-state index is 8.91. The molecule has 0 atom stereocenters. The molecule has 0 saturated carbocycles. The van der Waals surface area contributed by atoms with Gasteiger partial charge in [0.2, 0.25) is 0 Å². The highest BCUT2D eigenvalue weighted by molar-refractivity contribution is 4.60. The Kier molecular flexibility index (Phi) is 22.8. The number of nitrogens with zero attached hydrogens (tertiary/aromatic N) is 1. The van der Waals surface area contributed by atoms with E-state index in [0.29, 0.717) is 13.2 Å². The minimum Gasteiger partial charge on any atom is -0.396 e. The lowest BCUT2D eigenvalue weighted by atomic mass is 10.1. The third-order valence-corrected chi connectivity index (χ3v) is 5.34. The molecule has 0 aliphatic rings. The van der Waals surface area contributed by atoms with Gasteiger partial charge in [-0.25, -0.2) is 0 Å². The highest BCUT2D eigenvalue weighted by Gasteiger charge is 2.04. The Hall–Kier alpha value is -0.120. The van der Waals surface area contributed by atoms with Crippen molar-refractivity contribution in [2.24, 2.45) is 0 Å². The van der Waals surface area contributed by atoms with Gasteiger partial charge in [0.1, 0.15) is 0 Å². The highest BCUT2D eigenvalue weighted by Crippen LogP contribution is 2.12. The molecule has 2 N–H and O–H groups in total. The summed E-state index contributed by atoms with van der Waals surface area (Å²) < 4.78 is 0. The molecule has 26 heavy (non-hydrogen) atoms. The summed E-state index contributed by atoms with van der Waals surface area (Å²) in [6.45, 7) is 6.53. The SMILES string of the molecule is CCCCCCCCCCCCCN(CCCCCO)CCCCCO. The Balaban J connectivity index is 3.57. The van der Waals surface area contributed by atoms with Crippen LogP contribution in [0.15, 0.2) is 0 Å². The number of aliphatic hydroxyl groups excluding tert-OH is 2. The minimum absolute atomic E-state index is 0.328. The average Bonchev–Trinajstić information content (AvgIpc) is 2.66. The van der Waals surface area contributed by atoms with E-state index in [4.69, 9.17) is 10.2 Å². The van der Waals surface area contributed by atoms with Crippen molar-refractivity contribution < 1.29 is 10.2 Å². The molecule has 3 nitrogen and oxygen atoms in total. The van der Waals surface area contributed by atoms with Crippen molar-refractivity contribution in [2.45, 2.75) is 116 Å². The first-order valence-electron chi connectivity index (χ1n) is 11.8. The molecular formula is C23H49NO2. The predicted molar refractivity (Wildman–Crippen MR) is 115 cm³/mol. The van der Waals surface area contributed by atoms with Crippen LogP contribution in [-0.4, -0.2) is 48.0 Å². The van der Waals surface area contributed by atoms with E-state index in [1.807, 2.05) is 0 Å². The van der Waals surface area contributed by atoms with E-state index in [-0.39, 0.29) is 0 Å². The van der Waals surface area contributed by atoms with Crippen molar-refractivity contribution >= 4 is 0 Å². The van der Waals surface area contributed by atoms with Crippen LogP contribution >= 0.6 is 0 Å². The van der Waals surface area contributed by atoms with Crippen LogP contribution in [0.25, 0.3) is 0 Å². The number of hydrogen-bond acceptors (Lipinski definition) is 3. The first-order chi connectivity index (χ1) is 12.8. The molecule has 0 aliphatic carbocycles. The highest BCUT2D eigenvalue weighted by atomic mass is 16.3. The van der Waals surface area contributed by atoms with E-state index >= 15 is 0 Å². The van der Waals surface area contributed by atoms with Gasteiger partial charge < -0.3 is 15.1 Å². The lowest BCUT2D eigenvalue weighted by Crippen LogP contribution is -2.27. The van der Waals surface area contributed by atoms with E-state index in [0.717, 1.165) is 25.7 Å². The molecule has 0 unspecified atom stereocenters. The molecule has 0 aromatic heterocycles. The Morgan fingerprint density at radius 3 is 1.08 bits per heavy atom. The molecule has 0 aliphatic heterocycles. The van der Waals surface area contributed by atoms with Gasteiger partial charge in [-0.1, -0.05) is 71.1 Å². The van der Waals surface area contributed by atoms with Crippen molar-refractivity contribution in [1.29, 1.82) is 0 Å². The first-order valence-corrected chi connectivity index (χ1v) is 11.8. The Bertz CT molecular complexity index is 236. The third-order valence-electron chi connectivity index (χ3n) is 5.34. The van der Waals surface area contributed by atoms with Crippen molar-refractivity contribution in [3.63, 3.8) is 0 Å². The first kappa shape index (κ1) is 25.9. The maximum Gasteiger partial charge on any atom is 0.0431 e. The standard InChI is InChI=1S/C23H49NO2/c1-2-3-4-5-6-7-8-9-10-11-14-19-24(20-15-12-17-22-25)21-16-13-18-23-26/h25-26H,2-23H2,1H3. The summed E-state index contributed by atoms with van der Waals surface area (Å²) in [5.41, 5.74) is 0. The summed E-state index contributed by atoms with van der Waals surface area (Å²) in [6.07, 6.45) is 22.0. The van der Waals surface area contributed by atoms with Crippen LogP contribution < -0.4 is 0 Å². The number of rotatable bonds is 22. The van der Waals surface area contributed by atoms with Crippen molar-refractivity contribution in [2.75, 3.05) is 32.8 Å². The Labute approximate surface area is 164 Å². The summed E-state index contributed by atoms with van der Waals surface area (Å²) in [6, 6.07) is 0. The largest absolute Gasteiger partial charge is 0.396 e. The molecular weight excluding hydrogens is 322 g/mol. The van der Waals surface area contributed by atoms with Crippen LogP contribution in [0.1, 0.15) is 116 Å². The second-order valence-electron chi connectivity index (χ2n) is 7.95. The molecule has 158 valence electrons. The molecule has 0 fully saturated rings. The molecule has 0 radical (unpaired) electrons. The van der Waals surface area contributed by atoms with Gasteiger partial charge in [-0.15, -0.1) is 0 Å². The molecule has 0 heterocycles. The summed E-state index contributed by atoms with van der Waals surface area (Å²) in [4.78, 5) is 2.61. The van der Waals surface area contributed by atoms with E-state index in [9.17, 15) is 0 Å². The summed E-state index contributed by atoms with van der Waals surface area (Å²) in [5.74, 6) is 0. The Morgan fingerprint density at radius 1 is 0.423 bits per heavy atom. The minimum atomic E-state index is 0.328. The van der Waals surface area contributed by atoms with Crippen LogP contribution in [0.5, 0.6) is 0 Å². The number of hydrogen-bond donors (Lipinski definition) is 2. The zero-order valence-electron chi connectivity index (χ0n) is 17.9. The third kappa shape index (κ3) is 20.2. The molecule has 0 rings (SSSR count). The number of aliphatic hydroxyl groups is 2. The van der Waals surface area contributed by atoms with Crippen molar-refractivity contribution in [1.82, 2.24) is 4.90 Å². The van der Waals surface area contributed by atoms with Gasteiger partial charge in [-0.2, -0.15) is 0 Å². The topological polar surface area (TPSA) is 43.7 Å². The summed E-state index contributed by atoms with van der Waals surface area (Å²) >= 11 is 0. The van der Waals surface area contributed by atoms with E-state index in [1.54, 1.807) is 0 Å². The molecule has 0 bridgehead atoms. The van der Waals surface area contributed by atoms with Gasteiger partial charge in [-0.05, 0) is 64.6 Å². The normalized spacial score (nSPS) is 11.5. The lowest BCUT2D eigenvalue weighted by molar-refractivity contribution is 0.237. The van der Waals surface area contributed by atoms with Gasteiger partial charge in [0, 0.05) is 13.2 Å². The second-order valence-corrected chi connectivity index (χ2v) is 7.95. The average molecular weight is 372 g/mol. The van der Waals surface area contributed by atoms with E-state index < -0.39 is 0 Å². The molecule has 3 heteroatoms. The van der Waals surface area contributed by atoms with E-state index in [1.165, 1.54) is 103 Å². The maximum absolute atomic E-state index is 8.91. The molecule has 0 amide bonds. The van der Waals surface area contributed by atoms with E-state index in [2.05, 4.69) is 11.8 Å². The van der Waals surface area contributed by atoms with Gasteiger partial charge >= 0.3 is 0 Å². The van der Waals surface area contributed by atoms with Crippen LogP contribution in [-0.2, 0) is 0 Å². The van der Waals surface area contributed by atoms with Crippen molar-refractivity contribution in [3.05, 3.63) is 0 Å². The Morgan fingerprint density at radius 2 is 0.731 bits per heavy atom. The fraction of sp³-hybridized carbons (Fsp3) is 1.00. The van der Waals surface area contributed by atoms with Crippen LogP contribution in [0.4, 0.5) is 0 Å². The van der Waals surface area contributed by atoms with Crippen molar-refractivity contribution in [3.8, 4) is 0 Å². The monoisotopic (exact) mass is 371 g/mol. The zero-order valence-corrected chi connectivity index (χ0v) is 17.9. The molecule has 0 aromatic carbocycles. The van der Waals surface area contributed by atoms with Gasteiger partial charge in [0.25, 0.3) is 0 Å². The fourth-order valence-corrected chi connectivity index (χ4v) is 3.58. The molecule has 0 saturated heterocycles. The van der Waals surface area contributed by atoms with Crippen LogP contribution in [0.2, 0.25) is 0 Å². The lowest BCUT2D eigenvalue weighted by Gasteiger charge is -2.22. The smallest absolute Gasteiger partial charge is 0.0431 e. The zero-order chi connectivity index (χ0) is 19.1. The predicted octanol–water partition coefficient (Wildman–Crippen LogP) is 5.92. The molecule has 0 spiro atoms. The van der Waals surface area contributed by atoms with Gasteiger partial charge in [0.05, 0.1) is 0 Å². The fourth-order valence-electron chi connectivity index (χ4n) is 3.58.